The van der Waals surface area contributed by atoms with E-state index in [0.29, 0.717) is 13.1 Å². The topological polar surface area (TPSA) is 75.5 Å². The van der Waals surface area contributed by atoms with Crippen LogP contribution in [-0.4, -0.2) is 21.8 Å². The lowest BCUT2D eigenvalue weighted by Gasteiger charge is -2.44. The molecule has 33 heavy (non-hydrogen) atoms. The monoisotopic (exact) mass is 441 g/mol. The Morgan fingerprint density at radius 2 is 1.58 bits per heavy atom. The first-order chi connectivity index (χ1) is 16.1. The molecule has 1 fully saturated rings. The van der Waals surface area contributed by atoms with Crippen molar-refractivity contribution in [2.45, 2.75) is 38.5 Å². The molecule has 1 amide bonds. The summed E-state index contributed by atoms with van der Waals surface area (Å²) >= 11 is 0. The van der Waals surface area contributed by atoms with Gasteiger partial charge in [0.1, 0.15) is 0 Å². The highest BCUT2D eigenvalue weighted by molar-refractivity contribution is 6.02. The fourth-order valence-electron chi connectivity index (χ4n) is 4.13. The largest absolute Gasteiger partial charge is 0.323 e. The molecule has 3 aromatic rings. The van der Waals surface area contributed by atoms with E-state index in [9.17, 15) is 14.9 Å². The van der Waals surface area contributed by atoms with Gasteiger partial charge < -0.3 is 10.2 Å². The summed E-state index contributed by atoms with van der Waals surface area (Å²) in [6, 6.07) is 26.3. The normalized spacial score (nSPS) is 17.6. The van der Waals surface area contributed by atoms with Gasteiger partial charge in [0.05, 0.1) is 11.0 Å². The first kappa shape index (κ1) is 22.4. The van der Waals surface area contributed by atoms with Crippen molar-refractivity contribution in [2.24, 2.45) is 0 Å². The molecule has 1 N–H and O–H groups in total. The molecule has 2 atom stereocenters. The second kappa shape index (κ2) is 10.2. The number of nitro benzene ring substituents is 1. The molecule has 0 aromatic heterocycles. The summed E-state index contributed by atoms with van der Waals surface area (Å²) in [4.78, 5) is 25.7. The van der Waals surface area contributed by atoms with Gasteiger partial charge in [0.2, 0.25) is 0 Å². The molecule has 1 heterocycles. The number of amides is 1. The Labute approximate surface area is 193 Å². The Balaban J connectivity index is 1.58. The van der Waals surface area contributed by atoms with Gasteiger partial charge in [0.25, 0.3) is 11.6 Å². The van der Waals surface area contributed by atoms with E-state index in [1.54, 1.807) is 12.1 Å². The number of hydrogen-bond acceptors (Lipinski definition) is 4. The number of carbonyl (C=O) groups is 1. The maximum atomic E-state index is 13.2. The van der Waals surface area contributed by atoms with Crippen LogP contribution in [0.25, 0.3) is 0 Å². The first-order valence-corrected chi connectivity index (χ1v) is 11.1. The fourth-order valence-corrected chi connectivity index (χ4v) is 4.13. The number of nitrogens with one attached hydrogen (secondary N) is 1. The molecule has 1 aliphatic heterocycles. The van der Waals surface area contributed by atoms with Crippen LogP contribution in [0.3, 0.4) is 0 Å². The minimum atomic E-state index is -0.408. The third-order valence-corrected chi connectivity index (χ3v) is 5.96. The van der Waals surface area contributed by atoms with Crippen LogP contribution in [-0.2, 0) is 17.9 Å². The van der Waals surface area contributed by atoms with Gasteiger partial charge in [-0.1, -0.05) is 73.7 Å². The molecule has 0 spiro atoms. The highest BCUT2D eigenvalue weighted by Crippen LogP contribution is 2.41. The van der Waals surface area contributed by atoms with E-state index in [4.69, 9.17) is 0 Å². The lowest BCUT2D eigenvalue weighted by molar-refractivity contribution is -0.384. The Bertz CT molecular complexity index is 1130. The van der Waals surface area contributed by atoms with Crippen molar-refractivity contribution >= 4 is 11.6 Å². The second-order valence-corrected chi connectivity index (χ2v) is 8.17. The Kier molecular flexibility index (Phi) is 6.95. The predicted octanol–water partition coefficient (Wildman–Crippen LogP) is 5.17. The van der Waals surface area contributed by atoms with Gasteiger partial charge in [-0.15, -0.1) is 0 Å². The number of β-lactam (4-membered cyclic amide) rings is 1. The van der Waals surface area contributed by atoms with Crippen molar-refractivity contribution in [3.63, 3.8) is 0 Å². The van der Waals surface area contributed by atoms with Crippen LogP contribution in [0.1, 0.15) is 36.1 Å². The minimum Gasteiger partial charge on any atom is -0.323 e. The van der Waals surface area contributed by atoms with Gasteiger partial charge in [-0.05, 0) is 35.2 Å². The Morgan fingerprint density at radius 3 is 2.15 bits per heavy atom. The van der Waals surface area contributed by atoms with E-state index in [0.717, 1.165) is 23.1 Å². The van der Waals surface area contributed by atoms with Crippen molar-refractivity contribution in [1.29, 1.82) is 0 Å². The van der Waals surface area contributed by atoms with Gasteiger partial charge in [-0.2, -0.15) is 0 Å². The van der Waals surface area contributed by atoms with Gasteiger partial charge >= 0.3 is 0 Å². The van der Waals surface area contributed by atoms with Crippen molar-refractivity contribution in [3.05, 3.63) is 123 Å². The molecule has 1 aliphatic rings. The van der Waals surface area contributed by atoms with Crippen LogP contribution < -0.4 is 5.32 Å². The van der Waals surface area contributed by atoms with Crippen molar-refractivity contribution in [1.82, 2.24) is 10.2 Å². The third-order valence-electron chi connectivity index (χ3n) is 5.96. The van der Waals surface area contributed by atoms with Gasteiger partial charge in [-0.25, -0.2) is 0 Å². The maximum absolute atomic E-state index is 13.2. The number of nitrogens with zero attached hydrogens (tertiary/aromatic N) is 2. The summed E-state index contributed by atoms with van der Waals surface area (Å²) in [6.07, 6.45) is 2.87. The average Bonchev–Trinajstić information content (AvgIpc) is 2.86. The molecule has 0 saturated carbocycles. The summed E-state index contributed by atoms with van der Waals surface area (Å²) in [5, 5.41) is 14.6. The molecule has 6 heteroatoms. The lowest BCUT2D eigenvalue weighted by atomic mass is 9.85. The number of nitro groups is 1. The highest BCUT2D eigenvalue weighted by Gasteiger charge is 2.43. The quantitative estimate of drug-likeness (QED) is 0.215. The molecule has 1 saturated heterocycles. The first-order valence-electron chi connectivity index (χ1n) is 11.1. The summed E-state index contributed by atoms with van der Waals surface area (Å²) in [5.41, 5.74) is 3.88. The molecule has 168 valence electrons. The number of likely N-dealkylation sites (tertiary alicyclic amines) is 1. The van der Waals surface area contributed by atoms with E-state index in [2.05, 4.69) is 24.4 Å². The zero-order chi connectivity index (χ0) is 23.2. The molecule has 0 radical (unpaired) electrons. The molecule has 6 nitrogen and oxygen atoms in total. The van der Waals surface area contributed by atoms with Crippen molar-refractivity contribution in [3.8, 4) is 0 Å². The number of benzene rings is 3. The summed E-state index contributed by atoms with van der Waals surface area (Å²) in [7, 11) is 0. The zero-order valence-corrected chi connectivity index (χ0v) is 18.6. The molecule has 0 aliphatic carbocycles. The Hall–Kier alpha value is -3.77. The molecule has 0 bridgehead atoms. The number of hydrogen-bond donors (Lipinski definition) is 1. The molecule has 3 aromatic carbocycles. The van der Waals surface area contributed by atoms with Crippen LogP contribution >= 0.6 is 0 Å². The molecule has 4 rings (SSSR count). The van der Waals surface area contributed by atoms with Crippen molar-refractivity contribution < 1.29 is 9.72 Å². The van der Waals surface area contributed by atoms with Crippen LogP contribution in [0.4, 0.5) is 5.69 Å². The number of non-ortho nitro benzene ring substituents is 1. The Morgan fingerprint density at radius 1 is 0.970 bits per heavy atom. The summed E-state index contributed by atoms with van der Waals surface area (Å²) in [5.74, 6) is 0.00201. The standard InChI is InChI=1S/C27H27N3O3/c1-2-23(28-18-20-9-5-3-6-10-20)17-25-26(22-13-15-24(16-14-22)30(32)33)29(27(25)31)19-21-11-7-4-8-12-21/h3-17,23,26,28H,2,18-19H2,1H3/b25-17-/t23-,26+/m0/s1. The molecular weight excluding hydrogens is 414 g/mol. The third kappa shape index (κ3) is 5.18. The molecular formula is C27H27N3O3. The van der Waals surface area contributed by atoms with Crippen LogP contribution in [0, 0.1) is 10.1 Å². The SMILES string of the molecule is CC[C@@H](/C=C1\C(=O)N(Cc2ccccc2)[C@@H]1c1ccc([N+](=O)[O-])cc1)NCc1ccccc1. The predicted molar refractivity (Wildman–Crippen MR) is 128 cm³/mol. The zero-order valence-electron chi connectivity index (χ0n) is 18.6. The number of carbonyl (C=O) groups excluding carboxylic acids is 1. The van der Waals surface area contributed by atoms with E-state index >= 15 is 0 Å². The van der Waals surface area contributed by atoms with Crippen LogP contribution in [0.5, 0.6) is 0 Å². The van der Waals surface area contributed by atoms with E-state index in [1.165, 1.54) is 17.7 Å². The fraction of sp³-hybridized carbons (Fsp3) is 0.222. The lowest BCUT2D eigenvalue weighted by Crippen LogP contribution is -2.49. The minimum absolute atomic E-state index is 0.00201. The highest BCUT2D eigenvalue weighted by atomic mass is 16.6. The number of rotatable bonds is 9. The van der Waals surface area contributed by atoms with Gasteiger partial charge in [-0.3, -0.25) is 14.9 Å². The van der Waals surface area contributed by atoms with E-state index in [-0.39, 0.29) is 23.7 Å². The summed E-state index contributed by atoms with van der Waals surface area (Å²) < 4.78 is 0. The average molecular weight is 442 g/mol. The van der Waals surface area contributed by atoms with E-state index < -0.39 is 4.92 Å². The van der Waals surface area contributed by atoms with Gasteiger partial charge in [0.15, 0.2) is 0 Å². The van der Waals surface area contributed by atoms with Gasteiger partial charge in [0, 0.05) is 36.8 Å². The second-order valence-electron chi connectivity index (χ2n) is 8.17. The summed E-state index contributed by atoms with van der Waals surface area (Å²) in [6.45, 7) is 3.30. The molecule has 0 unspecified atom stereocenters. The van der Waals surface area contributed by atoms with Crippen molar-refractivity contribution in [2.75, 3.05) is 0 Å². The maximum Gasteiger partial charge on any atom is 0.269 e. The van der Waals surface area contributed by atoms with Crippen LogP contribution in [0.2, 0.25) is 0 Å². The van der Waals surface area contributed by atoms with E-state index in [1.807, 2.05) is 59.5 Å². The smallest absolute Gasteiger partial charge is 0.269 e. The van der Waals surface area contributed by atoms with Crippen LogP contribution in [0.15, 0.2) is 96.6 Å².